The van der Waals surface area contributed by atoms with E-state index in [-0.39, 0.29) is 59.3 Å². The van der Waals surface area contributed by atoms with E-state index in [1.165, 1.54) is 33.1 Å². The summed E-state index contributed by atoms with van der Waals surface area (Å²) in [5.41, 5.74) is -1.16. The molecule has 0 radical (unpaired) electrons. The molecule has 9 N–H and O–H groups in total. The number of nitrogens with one attached hydrogen (secondary N) is 6. The first-order chi connectivity index (χ1) is 41.2. The van der Waals surface area contributed by atoms with Crippen LogP contribution in [-0.2, 0) is 60.3 Å². The zero-order valence-corrected chi connectivity index (χ0v) is 54.6. The van der Waals surface area contributed by atoms with Crippen LogP contribution in [0.4, 0.5) is 44.6 Å². The van der Waals surface area contributed by atoms with Gasteiger partial charge in [-0.05, 0) is 108 Å². The van der Waals surface area contributed by atoms with Crippen molar-refractivity contribution in [3.05, 3.63) is 70.3 Å². The number of urea groups is 1. The number of methoxy groups -OCH3 is 2. The fourth-order valence-electron chi connectivity index (χ4n) is 10.6. The van der Waals surface area contributed by atoms with Gasteiger partial charge in [-0.2, -0.15) is 13.2 Å². The van der Waals surface area contributed by atoms with Crippen LogP contribution in [0.3, 0.4) is 0 Å². The molecule has 1 unspecified atom stereocenters. The molecule has 0 aliphatic carbocycles. The zero-order chi connectivity index (χ0) is 65.7. The molecule has 2 aromatic rings. The first-order valence-electron chi connectivity index (χ1n) is 28.4. The topological polar surface area (TPSA) is 317 Å². The van der Waals surface area contributed by atoms with Crippen LogP contribution in [-0.4, -0.2) is 157 Å². The van der Waals surface area contributed by atoms with Gasteiger partial charge < -0.3 is 69.7 Å². The predicted octanol–water partition coefficient (Wildman–Crippen LogP) is 8.14. The number of allylic oxidation sites excluding steroid dienone is 3. The van der Waals surface area contributed by atoms with Crippen molar-refractivity contribution >= 4 is 109 Å². The van der Waals surface area contributed by atoms with E-state index in [0.29, 0.717) is 43.5 Å². The van der Waals surface area contributed by atoms with Crippen LogP contribution in [0.15, 0.2) is 54.1 Å². The number of fused-ring (bicyclic) bond motifs is 5. The number of primary amides is 1. The average molecular weight is 1390 g/mol. The molecule has 488 valence electrons. The molecule has 0 spiro atoms. The predicted molar refractivity (Wildman–Crippen MR) is 329 cm³/mol. The Morgan fingerprint density at radius 1 is 1.03 bits per heavy atom. The normalized spacial score (nSPS) is 24.6. The fourth-order valence-corrected chi connectivity index (χ4v) is 12.4. The lowest BCUT2D eigenvalue weighted by atomic mass is 9.83. The number of aldehydes is 2. The first kappa shape index (κ1) is 72.9. The third-order valence-electron chi connectivity index (χ3n) is 15.6. The summed E-state index contributed by atoms with van der Waals surface area (Å²) in [4.78, 5) is 107. The van der Waals surface area contributed by atoms with Crippen LogP contribution in [0.25, 0.3) is 0 Å². The van der Waals surface area contributed by atoms with E-state index in [2.05, 4.69) is 63.8 Å². The molecule has 3 aliphatic rings. The van der Waals surface area contributed by atoms with Crippen molar-refractivity contribution < 1.29 is 85.1 Å². The number of carbonyl (C=O) groups excluding carboxylic acids is 8. The molecule has 29 heteroatoms. The van der Waals surface area contributed by atoms with Gasteiger partial charge in [0.2, 0.25) is 17.7 Å². The largest absolute Gasteiger partial charge is 0.495 e. The number of hydrogen-bond acceptors (Lipinski definition) is 16. The highest BCUT2D eigenvalue weighted by molar-refractivity contribution is 9.10. The number of hydrogen-bond donors (Lipinski definition) is 8. The molecule has 2 saturated heterocycles. The molecule has 5 rings (SSSR count). The third-order valence-corrected chi connectivity index (χ3v) is 17.9. The van der Waals surface area contributed by atoms with Crippen molar-refractivity contribution in [1.29, 1.82) is 0 Å². The number of anilines is 3. The Bertz CT molecular complexity index is 2920. The summed E-state index contributed by atoms with van der Waals surface area (Å²) in [5, 5.41) is 27.4. The van der Waals surface area contributed by atoms with Crippen LogP contribution in [0.2, 0.25) is 5.02 Å². The molecule has 0 saturated carbocycles. The maximum atomic E-state index is 15.1. The first-order valence-corrected chi connectivity index (χ1v) is 31.1. The molecule has 4 bridgehead atoms. The lowest BCUT2D eigenvalue weighted by Gasteiger charge is -2.42. The summed E-state index contributed by atoms with van der Waals surface area (Å²) in [6.45, 7) is 11.9. The van der Waals surface area contributed by atoms with Crippen LogP contribution in [0, 0.1) is 11.8 Å². The molecular weight excluding hydrogens is 1310 g/mol. The van der Waals surface area contributed by atoms with Crippen LogP contribution >= 0.6 is 43.5 Å². The molecule has 23 nitrogen and oxygen atoms in total. The number of nitrogens with two attached hydrogens (primary N) is 1. The van der Waals surface area contributed by atoms with Gasteiger partial charge in [-0.3, -0.25) is 30.3 Å². The van der Waals surface area contributed by atoms with Gasteiger partial charge in [0.25, 0.3) is 0 Å². The summed E-state index contributed by atoms with van der Waals surface area (Å²) < 4.78 is 80.4. The lowest BCUT2D eigenvalue weighted by Crippen LogP contribution is -2.63. The molecule has 2 aromatic carbocycles. The molecule has 10 atom stereocenters. The fraction of sp³-hybridized carbons (Fsp3) is 0.593. The van der Waals surface area contributed by atoms with E-state index in [9.17, 15) is 43.5 Å². The van der Waals surface area contributed by atoms with Crippen molar-refractivity contribution in [2.24, 2.45) is 17.6 Å². The number of benzene rings is 2. The van der Waals surface area contributed by atoms with Crippen molar-refractivity contribution in [3.8, 4) is 5.75 Å². The second kappa shape index (κ2) is 31.2. The summed E-state index contributed by atoms with van der Waals surface area (Å²) in [6.07, 6.45) is -5.24. The molecule has 7 amide bonds. The smallest absolute Gasteiger partial charge is 0.418 e. The number of aliphatic hydroxyl groups is 1. The van der Waals surface area contributed by atoms with Gasteiger partial charge in [0.1, 0.15) is 52.6 Å². The Balaban J connectivity index is 1.40. The maximum Gasteiger partial charge on any atom is 0.418 e. The molecular formula is C59H80Br2ClF3N8O15. The summed E-state index contributed by atoms with van der Waals surface area (Å²) >= 11 is 13.4. The number of ether oxygens (including phenoxy) is 6. The van der Waals surface area contributed by atoms with E-state index < -0.39 is 142 Å². The van der Waals surface area contributed by atoms with Gasteiger partial charge in [-0.25, -0.2) is 14.4 Å². The van der Waals surface area contributed by atoms with Gasteiger partial charge in [0.15, 0.2) is 12.0 Å². The number of epoxide rings is 1. The van der Waals surface area contributed by atoms with Crippen molar-refractivity contribution in [2.75, 3.05) is 54.0 Å². The Labute approximate surface area is 531 Å². The number of amides is 7. The van der Waals surface area contributed by atoms with Crippen molar-refractivity contribution in [2.45, 2.75) is 171 Å². The third kappa shape index (κ3) is 19.3. The molecule has 0 aromatic heterocycles. The minimum absolute atomic E-state index is 0.0177. The minimum atomic E-state index is -5.18. The number of carbonyl (C=O) groups is 8. The van der Waals surface area contributed by atoms with E-state index in [1.807, 2.05) is 6.92 Å². The Morgan fingerprint density at radius 3 is 2.33 bits per heavy atom. The molecule has 2 fully saturated rings. The molecule has 3 heterocycles. The van der Waals surface area contributed by atoms with Crippen molar-refractivity contribution in [3.63, 3.8) is 0 Å². The van der Waals surface area contributed by atoms with Gasteiger partial charge in [0.05, 0.1) is 54.3 Å². The molecule has 88 heavy (non-hydrogen) atoms. The van der Waals surface area contributed by atoms with Crippen molar-refractivity contribution in [1.82, 2.24) is 21.3 Å². The highest BCUT2D eigenvalue weighted by Crippen LogP contribution is 2.49. The highest BCUT2D eigenvalue weighted by Gasteiger charge is 2.64. The lowest BCUT2D eigenvalue weighted by molar-refractivity contribution is -0.146. The maximum absolute atomic E-state index is 15.1. The van der Waals surface area contributed by atoms with Gasteiger partial charge in [-0.1, -0.05) is 88.0 Å². The SMILES string of the molecule is COc1cc2cc(c1Cl)N(C)C(=O)C[C@H](OC(=O)Nc1ccc(NC(=O)[C@H](CCCNC(N)=O)NC(=O)[C@@H](NC(C=O)CCCC(C)(C)OC(C=O)(CBr)CBr)C(C)C)c(C(F)(F)F)c1)[C@]1(C)O[C@H]1[C@H](C)[C@@H]1C[C@@](O)(NC(=O)O1)[C@H](OC)/C=C/C=C(\C)C2. The summed E-state index contributed by atoms with van der Waals surface area (Å²) in [7, 11) is 4.20. The number of alkyl halides is 5. The van der Waals surface area contributed by atoms with Gasteiger partial charge >= 0.3 is 24.4 Å². The van der Waals surface area contributed by atoms with Crippen LogP contribution in [0.5, 0.6) is 5.75 Å². The minimum Gasteiger partial charge on any atom is -0.495 e. The number of rotatable bonds is 25. The Morgan fingerprint density at radius 2 is 1.73 bits per heavy atom. The van der Waals surface area contributed by atoms with Crippen LogP contribution in [0.1, 0.15) is 105 Å². The zero-order valence-electron chi connectivity index (χ0n) is 50.7. The van der Waals surface area contributed by atoms with Crippen LogP contribution < -0.4 is 47.3 Å². The van der Waals surface area contributed by atoms with Gasteiger partial charge in [-0.15, -0.1) is 0 Å². The standard InChI is InChI=1S/C59H80Br2ClF3N8O15/c1-32(2)48(68-37(28-74)15-12-20-55(5,6)88-57(29-60,30-61)31-75)51(78)71-40(16-13-21-67-52(66)79)50(77)70-39-19-18-36(25-38(39)59(63,64)65)69-53(80)86-45-26-46(76)73(8)41-23-35(24-42(83-9)47(41)62)22-33(3)14-11-17-44(84-10)58(82)27-43(85-54(81)72-58)34(4)49-56(45,7)87-49/h11,14,17-19,23-25,28,31-32,34,37,40,43-45,48-49,68,82H,12-13,15-16,20-22,26-27,29-30H2,1-10H3,(H,69,80)(H,70,77)(H,71,78)(H,72,81)(H3,66,67,79)/b17-11+,33-14+/t34-,37?,40+,43+,44-,45+,48+,49+,56+,58+/m1/s1. The average Bonchev–Trinajstić information content (AvgIpc) is 1.66. The van der Waals surface area contributed by atoms with E-state index in [1.54, 1.807) is 65.0 Å². The Kier molecular flexibility index (Phi) is 25.9. The van der Waals surface area contributed by atoms with E-state index in [4.69, 9.17) is 45.8 Å². The Hall–Kier alpha value is -5.88. The van der Waals surface area contributed by atoms with E-state index >= 15 is 13.2 Å². The number of nitrogens with zero attached hydrogens (tertiary/aromatic N) is 1. The monoisotopic (exact) mass is 1390 g/mol. The second-order valence-electron chi connectivity index (χ2n) is 23.4. The van der Waals surface area contributed by atoms with E-state index in [0.717, 1.165) is 17.7 Å². The molecule has 3 aliphatic heterocycles. The quantitative estimate of drug-likeness (QED) is 0.0201. The number of alkyl carbamates (subject to hydrolysis) is 1. The summed E-state index contributed by atoms with van der Waals surface area (Å²) in [5.74, 6) is -3.51. The second-order valence-corrected chi connectivity index (χ2v) is 24.9. The number of halogens is 6. The van der Waals surface area contributed by atoms with Gasteiger partial charge in [0, 0.05) is 49.4 Å². The summed E-state index contributed by atoms with van der Waals surface area (Å²) in [6, 6.07) is 1.45. The highest BCUT2D eigenvalue weighted by atomic mass is 79.9.